The molecule has 0 atom stereocenters. The van der Waals surface area contributed by atoms with Crippen LogP contribution in [0.4, 0.5) is 5.69 Å². The molecule has 0 aromatic heterocycles. The summed E-state index contributed by atoms with van der Waals surface area (Å²) in [7, 11) is 0. The highest BCUT2D eigenvalue weighted by Gasteiger charge is 2.08. The second-order valence-corrected chi connectivity index (χ2v) is 5.88. The van der Waals surface area contributed by atoms with Crippen LogP contribution in [-0.2, 0) is 4.79 Å². The van der Waals surface area contributed by atoms with Gasteiger partial charge in [0, 0.05) is 3.57 Å². The van der Waals surface area contributed by atoms with Gasteiger partial charge in [0.05, 0.1) is 12.3 Å². The van der Waals surface area contributed by atoms with Crippen LogP contribution in [0.1, 0.15) is 13.3 Å². The molecule has 2 aromatic carbocycles. The van der Waals surface area contributed by atoms with E-state index in [9.17, 15) is 4.79 Å². The molecule has 1 N–H and O–H groups in total. The second-order valence-electron chi connectivity index (χ2n) is 4.64. The minimum absolute atomic E-state index is 0.0395. The molecule has 2 rings (SSSR count). The Morgan fingerprint density at radius 1 is 1.14 bits per heavy atom. The fraction of sp³-hybridized carbons (Fsp3) is 0.235. The van der Waals surface area contributed by atoms with Crippen LogP contribution in [0.25, 0.3) is 0 Å². The Morgan fingerprint density at radius 3 is 2.73 bits per heavy atom. The molecule has 0 saturated carbocycles. The molecule has 0 heterocycles. The van der Waals surface area contributed by atoms with Crippen LogP contribution in [0.3, 0.4) is 0 Å². The summed E-state index contributed by atoms with van der Waals surface area (Å²) >= 11 is 2.20. The van der Waals surface area contributed by atoms with Crippen molar-refractivity contribution in [2.45, 2.75) is 13.3 Å². The lowest BCUT2D eigenvalue weighted by Gasteiger charge is -2.12. The summed E-state index contributed by atoms with van der Waals surface area (Å²) in [5.41, 5.74) is 0.659. The molecule has 5 heteroatoms. The number of amides is 1. The van der Waals surface area contributed by atoms with E-state index in [0.717, 1.165) is 9.99 Å². The smallest absolute Gasteiger partial charge is 0.262 e. The molecule has 1 amide bonds. The van der Waals surface area contributed by atoms with Crippen molar-refractivity contribution in [2.75, 3.05) is 18.5 Å². The maximum Gasteiger partial charge on any atom is 0.262 e. The Hall–Kier alpha value is -1.76. The van der Waals surface area contributed by atoms with Gasteiger partial charge in [-0.3, -0.25) is 4.79 Å². The number of carbonyl (C=O) groups excluding carboxylic acids is 1. The van der Waals surface area contributed by atoms with E-state index in [-0.39, 0.29) is 12.5 Å². The first-order valence-electron chi connectivity index (χ1n) is 7.09. The molecule has 0 spiro atoms. The van der Waals surface area contributed by atoms with E-state index in [1.165, 1.54) is 0 Å². The molecule has 0 fully saturated rings. The Morgan fingerprint density at radius 2 is 1.95 bits per heavy atom. The fourth-order valence-electron chi connectivity index (χ4n) is 1.80. The van der Waals surface area contributed by atoms with Crippen molar-refractivity contribution in [1.82, 2.24) is 0 Å². The Kier molecular flexibility index (Phi) is 6.51. The fourth-order valence-corrected chi connectivity index (χ4v) is 2.31. The number of anilines is 1. The summed E-state index contributed by atoms with van der Waals surface area (Å²) in [4.78, 5) is 12.0. The first-order valence-corrected chi connectivity index (χ1v) is 8.17. The van der Waals surface area contributed by atoms with Crippen LogP contribution in [0.15, 0.2) is 48.5 Å². The number of rotatable bonds is 7. The molecule has 0 aliphatic rings. The number of halogens is 1. The highest BCUT2D eigenvalue weighted by Crippen LogP contribution is 2.24. The van der Waals surface area contributed by atoms with E-state index in [0.29, 0.717) is 23.8 Å². The number of ether oxygens (including phenoxy) is 2. The summed E-state index contributed by atoms with van der Waals surface area (Å²) in [5, 5.41) is 2.81. The quantitative estimate of drug-likeness (QED) is 0.699. The van der Waals surface area contributed by atoms with Gasteiger partial charge in [-0.25, -0.2) is 0 Å². The van der Waals surface area contributed by atoms with Crippen molar-refractivity contribution in [1.29, 1.82) is 0 Å². The molecular formula is C17H18INO3. The van der Waals surface area contributed by atoms with Crippen molar-refractivity contribution < 1.29 is 14.3 Å². The topological polar surface area (TPSA) is 47.6 Å². The van der Waals surface area contributed by atoms with Crippen LogP contribution in [0, 0.1) is 3.57 Å². The third kappa shape index (κ3) is 5.22. The number of nitrogens with one attached hydrogen (secondary N) is 1. The van der Waals surface area contributed by atoms with Gasteiger partial charge in [-0.15, -0.1) is 0 Å². The average molecular weight is 411 g/mol. The zero-order valence-corrected chi connectivity index (χ0v) is 14.5. The van der Waals surface area contributed by atoms with Gasteiger partial charge in [0.15, 0.2) is 6.61 Å². The highest BCUT2D eigenvalue weighted by molar-refractivity contribution is 14.1. The molecule has 0 unspecified atom stereocenters. The molecule has 0 aliphatic carbocycles. The molecular weight excluding hydrogens is 393 g/mol. The predicted molar refractivity (Wildman–Crippen MR) is 95.5 cm³/mol. The van der Waals surface area contributed by atoms with E-state index in [1.807, 2.05) is 55.5 Å². The van der Waals surface area contributed by atoms with Crippen molar-refractivity contribution in [3.05, 3.63) is 52.1 Å². The summed E-state index contributed by atoms with van der Waals surface area (Å²) in [5.74, 6) is 1.14. The molecule has 0 radical (unpaired) electrons. The van der Waals surface area contributed by atoms with E-state index in [1.54, 1.807) is 0 Å². The van der Waals surface area contributed by atoms with Crippen LogP contribution in [0.2, 0.25) is 0 Å². The molecule has 2 aromatic rings. The van der Waals surface area contributed by atoms with Crippen molar-refractivity contribution >= 4 is 34.2 Å². The van der Waals surface area contributed by atoms with Gasteiger partial charge in [0.1, 0.15) is 11.5 Å². The lowest BCUT2D eigenvalue weighted by molar-refractivity contribution is -0.118. The minimum atomic E-state index is -0.216. The SMILES string of the molecule is CCCOc1ccccc1NC(=O)COc1cccc(I)c1. The van der Waals surface area contributed by atoms with Gasteiger partial charge in [-0.05, 0) is 59.3 Å². The lowest BCUT2D eigenvalue weighted by Crippen LogP contribution is -2.20. The Labute approximate surface area is 144 Å². The normalized spacial score (nSPS) is 10.1. The van der Waals surface area contributed by atoms with Crippen LogP contribution >= 0.6 is 22.6 Å². The largest absolute Gasteiger partial charge is 0.491 e. The minimum Gasteiger partial charge on any atom is -0.491 e. The van der Waals surface area contributed by atoms with Crippen LogP contribution in [0.5, 0.6) is 11.5 Å². The molecule has 116 valence electrons. The molecule has 22 heavy (non-hydrogen) atoms. The van der Waals surface area contributed by atoms with Crippen LogP contribution in [-0.4, -0.2) is 19.1 Å². The number of carbonyl (C=O) groups is 1. The standard InChI is InChI=1S/C17H18INO3/c1-2-10-21-16-9-4-3-8-15(16)19-17(20)12-22-14-7-5-6-13(18)11-14/h3-9,11H,2,10,12H2,1H3,(H,19,20). The predicted octanol–water partition coefficient (Wildman–Crippen LogP) is 4.10. The summed E-state index contributed by atoms with van der Waals surface area (Å²) in [6.45, 7) is 2.62. The van der Waals surface area contributed by atoms with Crippen molar-refractivity contribution in [2.24, 2.45) is 0 Å². The van der Waals surface area contributed by atoms with E-state index in [4.69, 9.17) is 9.47 Å². The second kappa shape index (κ2) is 8.63. The first kappa shape index (κ1) is 16.6. The van der Waals surface area contributed by atoms with Gasteiger partial charge in [0.2, 0.25) is 0 Å². The van der Waals surface area contributed by atoms with E-state index >= 15 is 0 Å². The number of para-hydroxylation sites is 2. The maximum atomic E-state index is 12.0. The monoisotopic (exact) mass is 411 g/mol. The van der Waals surface area contributed by atoms with Gasteiger partial charge in [-0.1, -0.05) is 25.1 Å². The lowest BCUT2D eigenvalue weighted by atomic mass is 10.3. The number of hydrogen-bond acceptors (Lipinski definition) is 3. The van der Waals surface area contributed by atoms with E-state index in [2.05, 4.69) is 27.9 Å². The molecule has 0 bridgehead atoms. The zero-order chi connectivity index (χ0) is 15.8. The average Bonchev–Trinajstić information content (AvgIpc) is 2.52. The van der Waals surface area contributed by atoms with E-state index < -0.39 is 0 Å². The van der Waals surface area contributed by atoms with Gasteiger partial charge >= 0.3 is 0 Å². The number of hydrogen-bond donors (Lipinski definition) is 1. The van der Waals surface area contributed by atoms with Crippen LogP contribution < -0.4 is 14.8 Å². The first-order chi connectivity index (χ1) is 10.7. The Balaban J connectivity index is 1.92. The van der Waals surface area contributed by atoms with Gasteiger partial charge in [0.25, 0.3) is 5.91 Å². The third-order valence-electron chi connectivity index (χ3n) is 2.79. The molecule has 0 aliphatic heterocycles. The highest BCUT2D eigenvalue weighted by atomic mass is 127. The van der Waals surface area contributed by atoms with Crippen molar-refractivity contribution in [3.63, 3.8) is 0 Å². The molecule has 0 saturated heterocycles. The summed E-state index contributed by atoms with van der Waals surface area (Å²) < 4.78 is 12.2. The third-order valence-corrected chi connectivity index (χ3v) is 3.46. The summed E-state index contributed by atoms with van der Waals surface area (Å²) in [6.07, 6.45) is 0.915. The van der Waals surface area contributed by atoms with Gasteiger partial charge < -0.3 is 14.8 Å². The Bertz CT molecular complexity index is 631. The number of benzene rings is 2. The summed E-state index contributed by atoms with van der Waals surface area (Å²) in [6, 6.07) is 15.0. The van der Waals surface area contributed by atoms with Gasteiger partial charge in [-0.2, -0.15) is 0 Å². The maximum absolute atomic E-state index is 12.0. The zero-order valence-electron chi connectivity index (χ0n) is 12.3. The molecule has 4 nitrogen and oxygen atoms in total. The van der Waals surface area contributed by atoms with Crippen molar-refractivity contribution in [3.8, 4) is 11.5 Å².